The van der Waals surface area contributed by atoms with Crippen LogP contribution in [0.1, 0.15) is 94.9 Å². The van der Waals surface area contributed by atoms with E-state index in [2.05, 4.69) is 12.6 Å². The molecule has 8 unspecified atom stereocenters. The summed E-state index contributed by atoms with van der Waals surface area (Å²) in [7, 11) is 5.18. The Hall–Kier alpha value is -1.46. The summed E-state index contributed by atoms with van der Waals surface area (Å²) in [6.45, 7) is 16.3. The Bertz CT molecular complexity index is 1270. The average Bonchev–Trinajstić information content (AvgIpc) is 3.09. The van der Waals surface area contributed by atoms with Crippen LogP contribution in [0.4, 0.5) is 0 Å². The van der Waals surface area contributed by atoms with Crippen molar-refractivity contribution in [3.63, 3.8) is 0 Å². The van der Waals surface area contributed by atoms with Gasteiger partial charge in [-0.2, -0.15) is 5.26 Å². The highest BCUT2D eigenvalue weighted by Crippen LogP contribution is 2.40. The molecular weight excluding hydrogens is 724 g/mol. The van der Waals surface area contributed by atoms with Crippen LogP contribution in [0.25, 0.3) is 0 Å². The molecule has 54 heavy (non-hydrogen) atoms. The second kappa shape index (κ2) is 19.8. The first kappa shape index (κ1) is 48.7. The summed E-state index contributed by atoms with van der Waals surface area (Å²) in [6, 6.07) is -0.324. The summed E-state index contributed by atoms with van der Waals surface area (Å²) in [4.78, 5) is 29.8. The van der Waals surface area contributed by atoms with E-state index in [4.69, 9.17) is 33.7 Å². The molecule has 3 heterocycles. The number of nitriles is 1. The normalized spacial score (nSPS) is 47.1. The molecule has 3 saturated heterocycles. The van der Waals surface area contributed by atoms with Gasteiger partial charge in [0.25, 0.3) is 0 Å². The number of likely N-dealkylation sites (N-methyl/N-ethyl adjacent to an activating group) is 1. The van der Waals surface area contributed by atoms with Gasteiger partial charge in [0.1, 0.15) is 35.1 Å². The topological polar surface area (TPSA) is 218 Å². The Morgan fingerprint density at radius 2 is 1.52 bits per heavy atom. The zero-order valence-corrected chi connectivity index (χ0v) is 35.2. The van der Waals surface area contributed by atoms with Gasteiger partial charge in [-0.05, 0) is 74.9 Å². The monoisotopic (exact) mass is 792 g/mol. The van der Waals surface area contributed by atoms with Crippen molar-refractivity contribution < 1.29 is 63.5 Å². The van der Waals surface area contributed by atoms with Gasteiger partial charge >= 0.3 is 5.97 Å². The first-order chi connectivity index (χ1) is 24.8. The minimum absolute atomic E-state index is 0.0936. The van der Waals surface area contributed by atoms with Gasteiger partial charge in [-0.1, -0.05) is 40.3 Å². The number of thiol groups is 1. The van der Waals surface area contributed by atoms with Crippen LogP contribution in [-0.2, 0) is 38.0 Å². The van der Waals surface area contributed by atoms with Crippen molar-refractivity contribution in [3.8, 4) is 5.40 Å². The van der Waals surface area contributed by atoms with E-state index in [1.807, 2.05) is 25.9 Å². The number of cyclic esters (lactones) is 1. The Balaban J connectivity index is 0.00000325. The van der Waals surface area contributed by atoms with Crippen molar-refractivity contribution in [1.82, 2.24) is 4.90 Å². The highest BCUT2D eigenvalue weighted by Gasteiger charge is 2.53. The highest BCUT2D eigenvalue weighted by atomic mass is 32.1. The standard InChI is InChI=1S/C37H67NO13.CHNS/c1-14-25-37(10,45)30(41)20(4)27(39)18(2)16-35(8,44)32(51-34-28(40)24(38(11)12)15-19(3)47-34)21(5)29(22(6)33(43)49-25)50-26-17-36(9,46-13)31(42)23(7)48-26;2-1-3/h18-26,28-32,34,40-42,44-45H,14-17H2,1-13H3;3H/t18-,19?,20+,21+,22-,23?,24?,25-,26?,28?,29+,30-,31?,32-,34?,35-,36?,37-;/m1./s1. The number of methoxy groups -OCH3 is 1. The second-order valence-electron chi connectivity index (χ2n) is 16.6. The maximum Gasteiger partial charge on any atom is 0.311 e. The van der Waals surface area contributed by atoms with Crippen molar-refractivity contribution in [2.75, 3.05) is 21.2 Å². The van der Waals surface area contributed by atoms with Crippen LogP contribution in [0.15, 0.2) is 0 Å². The van der Waals surface area contributed by atoms with Gasteiger partial charge in [-0.25, -0.2) is 0 Å². The van der Waals surface area contributed by atoms with E-state index in [0.29, 0.717) is 6.42 Å². The van der Waals surface area contributed by atoms with E-state index in [1.165, 1.54) is 33.3 Å². The third kappa shape index (κ3) is 11.1. The number of hydrogen-bond donors (Lipinski definition) is 6. The number of rotatable bonds is 7. The number of ketones is 1. The minimum Gasteiger partial charge on any atom is -0.459 e. The molecule has 314 valence electrons. The van der Waals surface area contributed by atoms with Gasteiger partial charge in [0.15, 0.2) is 12.6 Å². The van der Waals surface area contributed by atoms with Crippen molar-refractivity contribution in [2.45, 2.75) is 179 Å². The van der Waals surface area contributed by atoms with Crippen LogP contribution in [-0.4, -0.2) is 148 Å². The van der Waals surface area contributed by atoms with Gasteiger partial charge < -0.3 is 58.9 Å². The quantitative estimate of drug-likeness (QED) is 0.124. The molecule has 0 bridgehead atoms. The molecule has 0 spiro atoms. The number of thiocyanates is 1. The zero-order chi connectivity index (χ0) is 41.7. The number of aliphatic hydroxyl groups is 5. The van der Waals surface area contributed by atoms with Crippen LogP contribution >= 0.6 is 12.6 Å². The summed E-state index contributed by atoms with van der Waals surface area (Å²) in [5.74, 6) is -4.98. The van der Waals surface area contributed by atoms with Crippen molar-refractivity contribution in [1.29, 1.82) is 5.26 Å². The molecule has 0 radical (unpaired) electrons. The Labute approximate surface area is 327 Å². The number of Topliss-reactive ketones (excluding diaryl/α,β-unsaturated/α-hetero) is 1. The molecule has 3 rings (SSSR count). The molecule has 0 aromatic rings. The fourth-order valence-electron chi connectivity index (χ4n) is 8.41. The van der Waals surface area contributed by atoms with Gasteiger partial charge in [0.2, 0.25) is 0 Å². The van der Waals surface area contributed by atoms with Crippen molar-refractivity contribution >= 4 is 24.4 Å². The molecule has 15 nitrogen and oxygen atoms in total. The first-order valence-electron chi connectivity index (χ1n) is 18.9. The van der Waals surface area contributed by atoms with Crippen molar-refractivity contribution in [3.05, 3.63) is 0 Å². The molecule has 3 aliphatic heterocycles. The van der Waals surface area contributed by atoms with Crippen LogP contribution in [0.2, 0.25) is 0 Å². The van der Waals surface area contributed by atoms with Gasteiger partial charge in [-0.15, -0.1) is 0 Å². The molecule has 0 aromatic carbocycles. The largest absolute Gasteiger partial charge is 0.459 e. The third-order valence-electron chi connectivity index (χ3n) is 11.8. The number of hydrogen-bond acceptors (Lipinski definition) is 16. The predicted octanol–water partition coefficient (Wildman–Crippen LogP) is 2.18. The van der Waals surface area contributed by atoms with E-state index in [1.54, 1.807) is 41.5 Å². The first-order valence-corrected chi connectivity index (χ1v) is 19.4. The highest BCUT2D eigenvalue weighted by molar-refractivity contribution is 7.85. The molecule has 3 aliphatic rings. The smallest absolute Gasteiger partial charge is 0.311 e. The molecule has 0 amide bonds. The van der Waals surface area contributed by atoms with E-state index in [9.17, 15) is 35.1 Å². The lowest BCUT2D eigenvalue weighted by atomic mass is 9.74. The lowest BCUT2D eigenvalue weighted by molar-refractivity contribution is -0.318. The predicted molar refractivity (Wildman–Crippen MR) is 201 cm³/mol. The molecule has 0 saturated carbocycles. The van der Waals surface area contributed by atoms with Crippen LogP contribution in [0.5, 0.6) is 0 Å². The molecular formula is C38H68N2O13S. The number of esters is 1. The Morgan fingerprint density at radius 3 is 2.04 bits per heavy atom. The minimum atomic E-state index is -1.99. The number of nitrogens with zero attached hydrogens (tertiary/aromatic N) is 2. The van der Waals surface area contributed by atoms with Crippen LogP contribution in [0, 0.1) is 34.3 Å². The van der Waals surface area contributed by atoms with Gasteiger partial charge in [0, 0.05) is 37.3 Å². The molecule has 0 aliphatic carbocycles. The van der Waals surface area contributed by atoms with E-state index in [0.717, 1.165) is 0 Å². The molecule has 18 atom stereocenters. The average molecular weight is 793 g/mol. The third-order valence-corrected chi connectivity index (χ3v) is 11.8. The molecule has 5 N–H and O–H groups in total. The fourth-order valence-corrected chi connectivity index (χ4v) is 8.41. The molecule has 0 aromatic heterocycles. The van der Waals surface area contributed by atoms with Crippen molar-refractivity contribution in [2.24, 2.45) is 23.7 Å². The van der Waals surface area contributed by atoms with Crippen LogP contribution < -0.4 is 0 Å². The maximum absolute atomic E-state index is 14.1. The number of aliphatic hydroxyl groups excluding tert-OH is 3. The summed E-state index contributed by atoms with van der Waals surface area (Å²) in [5.41, 5.74) is -4.84. The molecule has 3 fully saturated rings. The molecule has 16 heteroatoms. The van der Waals surface area contributed by atoms with Gasteiger partial charge in [0.05, 0.1) is 47.6 Å². The van der Waals surface area contributed by atoms with Gasteiger partial charge in [-0.3, -0.25) is 9.59 Å². The zero-order valence-electron chi connectivity index (χ0n) is 34.3. The van der Waals surface area contributed by atoms with Crippen LogP contribution in [0.3, 0.4) is 0 Å². The fraction of sp³-hybridized carbons (Fsp3) is 0.921. The van der Waals surface area contributed by atoms with E-state index < -0.39 is 108 Å². The lowest BCUT2D eigenvalue weighted by Crippen LogP contribution is -2.61. The summed E-state index contributed by atoms with van der Waals surface area (Å²) < 4.78 is 37.1. The Morgan fingerprint density at radius 1 is 0.944 bits per heavy atom. The number of ether oxygens (including phenoxy) is 6. The number of carbonyl (C=O) groups is 2. The summed E-state index contributed by atoms with van der Waals surface area (Å²) >= 11 is 3.09. The summed E-state index contributed by atoms with van der Waals surface area (Å²) in [6.07, 6.45) is -9.71. The SMILES string of the molecule is CC[C@H]1OC(=O)[C@H](C)[C@@H](OC2CC(C)(OC)C(O)C(C)O2)[C@H](C)[C@@H](OC2OC(C)CC(N(C)C)C2O)[C@](C)(O)C[C@@H](C)C(=O)[C@H](C)[C@@H](O)[C@]1(C)O.N#CS. The van der Waals surface area contributed by atoms with E-state index in [-0.39, 0.29) is 31.4 Å². The second-order valence-corrected chi connectivity index (χ2v) is 16.8. The Kier molecular flexibility index (Phi) is 17.9. The maximum atomic E-state index is 14.1. The lowest BCUT2D eigenvalue weighted by Gasteiger charge is -2.49. The van der Waals surface area contributed by atoms with E-state index >= 15 is 0 Å². The summed E-state index contributed by atoms with van der Waals surface area (Å²) in [5, 5.41) is 66.2. The number of carbonyl (C=O) groups excluding carboxylic acids is 2.